The van der Waals surface area contributed by atoms with Gasteiger partial charge < -0.3 is 9.88 Å². The number of nitrogens with zero attached hydrogens (tertiary/aromatic N) is 1. The van der Waals surface area contributed by atoms with Crippen LogP contribution in [0.25, 0.3) is 0 Å². The van der Waals surface area contributed by atoms with E-state index in [2.05, 4.69) is 5.32 Å². The summed E-state index contributed by atoms with van der Waals surface area (Å²) in [7, 11) is 0. The molecule has 7 heteroatoms. The molecule has 5 rings (SSSR count). The highest BCUT2D eigenvalue weighted by atomic mass is 19.4. The lowest BCUT2D eigenvalue weighted by Crippen LogP contribution is -2.51. The molecule has 4 bridgehead atoms. The molecule has 4 aliphatic rings. The summed E-state index contributed by atoms with van der Waals surface area (Å²) in [5, 5.41) is 2.89. The number of pyridine rings is 1. The second kappa shape index (κ2) is 6.13. The minimum Gasteiger partial charge on any atom is -0.354 e. The monoisotopic (exact) mass is 368 g/mol. The van der Waals surface area contributed by atoms with Crippen molar-refractivity contribution in [3.8, 4) is 0 Å². The Labute approximate surface area is 149 Å². The molecule has 0 spiro atoms. The van der Waals surface area contributed by atoms with Crippen LogP contribution in [0.4, 0.5) is 13.2 Å². The highest BCUT2D eigenvalue weighted by Gasteiger charge is 2.50. The van der Waals surface area contributed by atoms with E-state index in [4.69, 9.17) is 0 Å². The number of hydrogen-bond acceptors (Lipinski definition) is 2. The number of aromatic nitrogens is 1. The van der Waals surface area contributed by atoms with E-state index in [1.165, 1.54) is 25.5 Å². The molecule has 0 unspecified atom stereocenters. The molecule has 4 fully saturated rings. The molecule has 4 saturated carbocycles. The van der Waals surface area contributed by atoms with Crippen LogP contribution in [0.1, 0.15) is 44.1 Å². The Kier molecular flexibility index (Phi) is 4.15. The first-order chi connectivity index (χ1) is 12.2. The van der Waals surface area contributed by atoms with Gasteiger partial charge in [0.15, 0.2) is 0 Å². The van der Waals surface area contributed by atoms with Gasteiger partial charge in [0.25, 0.3) is 5.56 Å². The second-order valence-corrected chi connectivity index (χ2v) is 8.55. The van der Waals surface area contributed by atoms with Gasteiger partial charge in [-0.05, 0) is 73.8 Å². The van der Waals surface area contributed by atoms with E-state index in [1.807, 2.05) is 0 Å². The lowest BCUT2D eigenvalue weighted by atomic mass is 9.49. The fourth-order valence-corrected chi connectivity index (χ4v) is 5.88. The van der Waals surface area contributed by atoms with Crippen molar-refractivity contribution in [3.63, 3.8) is 0 Å². The highest BCUT2D eigenvalue weighted by molar-refractivity contribution is 5.75. The number of carbonyl (C=O) groups excluding carboxylic acids is 1. The number of rotatable bonds is 4. The summed E-state index contributed by atoms with van der Waals surface area (Å²) < 4.78 is 39.3. The van der Waals surface area contributed by atoms with Crippen molar-refractivity contribution in [1.29, 1.82) is 0 Å². The van der Waals surface area contributed by atoms with Crippen LogP contribution in [0.3, 0.4) is 0 Å². The number of halogens is 3. The van der Waals surface area contributed by atoms with E-state index >= 15 is 0 Å². The molecule has 142 valence electrons. The second-order valence-electron chi connectivity index (χ2n) is 8.55. The van der Waals surface area contributed by atoms with Crippen molar-refractivity contribution in [2.45, 2.75) is 51.2 Å². The van der Waals surface area contributed by atoms with E-state index in [1.54, 1.807) is 0 Å². The molecule has 26 heavy (non-hydrogen) atoms. The average Bonchev–Trinajstić information content (AvgIpc) is 2.53. The Morgan fingerprint density at radius 1 is 1.15 bits per heavy atom. The van der Waals surface area contributed by atoms with Gasteiger partial charge in [-0.2, -0.15) is 13.2 Å². The molecule has 1 aromatic rings. The van der Waals surface area contributed by atoms with Crippen LogP contribution in [0.2, 0.25) is 0 Å². The Bertz CT molecular complexity index is 733. The first kappa shape index (κ1) is 17.6. The lowest BCUT2D eigenvalue weighted by Gasteiger charge is -2.56. The van der Waals surface area contributed by atoms with Crippen molar-refractivity contribution in [3.05, 3.63) is 34.2 Å². The largest absolute Gasteiger partial charge is 0.421 e. The number of amides is 1. The van der Waals surface area contributed by atoms with Gasteiger partial charge in [0.05, 0.1) is 0 Å². The summed E-state index contributed by atoms with van der Waals surface area (Å²) in [6, 6.07) is 1.89. The minimum absolute atomic E-state index is 0.156. The summed E-state index contributed by atoms with van der Waals surface area (Å²) in [5.41, 5.74) is -2.26. The molecule has 1 amide bonds. The third kappa shape index (κ3) is 3.28. The maximum Gasteiger partial charge on any atom is 0.421 e. The summed E-state index contributed by atoms with van der Waals surface area (Å²) in [6.07, 6.45) is 3.87. The molecule has 0 radical (unpaired) electrons. The van der Waals surface area contributed by atoms with E-state index in [9.17, 15) is 22.8 Å². The van der Waals surface area contributed by atoms with Crippen molar-refractivity contribution < 1.29 is 18.0 Å². The first-order valence-electron chi connectivity index (χ1n) is 9.27. The van der Waals surface area contributed by atoms with Gasteiger partial charge in [0.1, 0.15) is 12.1 Å². The first-order valence-corrected chi connectivity index (χ1v) is 9.27. The SMILES string of the molecule is O=C(Cn1cccc(C(F)(F)F)c1=O)NCC12CC3CC(CC(C3)C1)C2. The van der Waals surface area contributed by atoms with Gasteiger partial charge >= 0.3 is 6.18 Å². The average molecular weight is 368 g/mol. The molecule has 4 nitrogen and oxygen atoms in total. The number of nitrogens with one attached hydrogen (secondary N) is 1. The van der Waals surface area contributed by atoms with Gasteiger partial charge in [0.2, 0.25) is 5.91 Å². The smallest absolute Gasteiger partial charge is 0.354 e. The Hall–Kier alpha value is -1.79. The van der Waals surface area contributed by atoms with Gasteiger partial charge in [-0.15, -0.1) is 0 Å². The van der Waals surface area contributed by atoms with Crippen LogP contribution in [-0.2, 0) is 17.5 Å². The zero-order valence-electron chi connectivity index (χ0n) is 14.5. The molecular formula is C19H23F3N2O2. The predicted molar refractivity (Wildman–Crippen MR) is 89.3 cm³/mol. The highest BCUT2D eigenvalue weighted by Crippen LogP contribution is 2.59. The normalized spacial score (nSPS) is 32.7. The lowest BCUT2D eigenvalue weighted by molar-refractivity contribution is -0.139. The zero-order valence-corrected chi connectivity index (χ0v) is 14.5. The number of carbonyl (C=O) groups is 1. The Morgan fingerprint density at radius 3 is 2.27 bits per heavy atom. The zero-order chi connectivity index (χ0) is 18.5. The van der Waals surface area contributed by atoms with Crippen LogP contribution in [0.5, 0.6) is 0 Å². The third-order valence-corrected chi connectivity index (χ3v) is 6.47. The van der Waals surface area contributed by atoms with E-state index in [-0.39, 0.29) is 12.0 Å². The maximum atomic E-state index is 12.8. The van der Waals surface area contributed by atoms with Gasteiger partial charge in [-0.1, -0.05) is 0 Å². The summed E-state index contributed by atoms with van der Waals surface area (Å²) in [5.74, 6) is 1.90. The van der Waals surface area contributed by atoms with Gasteiger partial charge in [0, 0.05) is 12.7 Å². The maximum absolute atomic E-state index is 12.8. The summed E-state index contributed by atoms with van der Waals surface area (Å²) >= 11 is 0. The summed E-state index contributed by atoms with van der Waals surface area (Å²) in [6.45, 7) is 0.193. The van der Waals surface area contributed by atoms with E-state index in [0.29, 0.717) is 6.54 Å². The van der Waals surface area contributed by atoms with E-state index in [0.717, 1.165) is 53.7 Å². The standard InChI is InChI=1S/C19H23F3N2O2/c20-19(21,22)15-2-1-3-24(17(15)26)10-16(25)23-11-18-7-12-4-13(8-18)6-14(5-12)9-18/h1-3,12-14H,4-11H2,(H,23,25). The van der Waals surface area contributed by atoms with Crippen LogP contribution < -0.4 is 10.9 Å². The predicted octanol–water partition coefficient (Wildman–Crippen LogP) is 3.20. The van der Waals surface area contributed by atoms with Gasteiger partial charge in [-0.25, -0.2) is 0 Å². The van der Waals surface area contributed by atoms with Crippen molar-refractivity contribution >= 4 is 5.91 Å². The summed E-state index contributed by atoms with van der Waals surface area (Å²) in [4.78, 5) is 24.2. The molecule has 1 N–H and O–H groups in total. The van der Waals surface area contributed by atoms with Crippen LogP contribution in [0.15, 0.2) is 23.1 Å². The molecule has 0 atom stereocenters. The van der Waals surface area contributed by atoms with Crippen LogP contribution in [-0.4, -0.2) is 17.0 Å². The molecule has 4 aliphatic carbocycles. The Morgan fingerprint density at radius 2 is 1.73 bits per heavy atom. The van der Waals surface area contributed by atoms with Crippen LogP contribution in [0, 0.1) is 23.2 Å². The van der Waals surface area contributed by atoms with Crippen molar-refractivity contribution in [2.24, 2.45) is 23.2 Å². The van der Waals surface area contributed by atoms with Crippen LogP contribution >= 0.6 is 0 Å². The molecule has 0 aromatic carbocycles. The number of hydrogen-bond donors (Lipinski definition) is 1. The molecular weight excluding hydrogens is 345 g/mol. The molecule has 1 heterocycles. The van der Waals surface area contributed by atoms with Gasteiger partial charge in [-0.3, -0.25) is 9.59 Å². The fraction of sp³-hybridized carbons (Fsp3) is 0.684. The van der Waals surface area contributed by atoms with Crippen molar-refractivity contribution in [2.75, 3.05) is 6.54 Å². The Balaban J connectivity index is 1.40. The molecule has 0 aliphatic heterocycles. The third-order valence-electron chi connectivity index (χ3n) is 6.47. The minimum atomic E-state index is -4.71. The van der Waals surface area contributed by atoms with E-state index < -0.39 is 23.2 Å². The van der Waals surface area contributed by atoms with Crippen molar-refractivity contribution in [1.82, 2.24) is 9.88 Å². The quantitative estimate of drug-likeness (QED) is 0.887. The number of alkyl halides is 3. The topological polar surface area (TPSA) is 51.1 Å². The molecule has 0 saturated heterocycles. The fourth-order valence-electron chi connectivity index (χ4n) is 5.88. The molecule has 1 aromatic heterocycles.